The molecule has 2 fully saturated rings. The number of aryl methyl sites for hydroxylation is 1. The van der Waals surface area contributed by atoms with Gasteiger partial charge in [0.1, 0.15) is 5.75 Å². The van der Waals surface area contributed by atoms with Crippen molar-refractivity contribution in [1.82, 2.24) is 5.32 Å². The minimum Gasteiger partial charge on any atom is -0.497 e. The minimum absolute atomic E-state index is 0.0972. The van der Waals surface area contributed by atoms with Crippen molar-refractivity contribution in [3.05, 3.63) is 29.3 Å². The molecule has 0 bridgehead atoms. The summed E-state index contributed by atoms with van der Waals surface area (Å²) in [5.74, 6) is 1.82. The third-order valence-corrected chi connectivity index (χ3v) is 7.36. The van der Waals surface area contributed by atoms with Crippen molar-refractivity contribution < 1.29 is 9.84 Å². The van der Waals surface area contributed by atoms with Gasteiger partial charge in [0.2, 0.25) is 0 Å². The third-order valence-electron chi connectivity index (χ3n) is 7.36. The molecule has 2 atom stereocenters. The number of nitrogens with one attached hydrogen (secondary N) is 1. The van der Waals surface area contributed by atoms with Gasteiger partial charge in [-0.2, -0.15) is 0 Å². The first kappa shape index (κ1) is 17.4. The maximum absolute atomic E-state index is 11.6. The maximum Gasteiger partial charge on any atom is 0.119 e. The molecular weight excluding hydrogens is 310 g/mol. The lowest BCUT2D eigenvalue weighted by Crippen LogP contribution is -2.57. The largest absolute Gasteiger partial charge is 0.497 e. The molecule has 138 valence electrons. The van der Waals surface area contributed by atoms with Gasteiger partial charge >= 0.3 is 0 Å². The average molecular weight is 344 g/mol. The van der Waals surface area contributed by atoms with Crippen LogP contribution in [-0.4, -0.2) is 30.9 Å². The van der Waals surface area contributed by atoms with Crippen LogP contribution in [0, 0.1) is 5.92 Å². The zero-order valence-corrected chi connectivity index (χ0v) is 15.7. The van der Waals surface area contributed by atoms with E-state index in [2.05, 4.69) is 23.5 Å². The van der Waals surface area contributed by atoms with Gasteiger partial charge in [-0.3, -0.25) is 0 Å². The molecule has 0 amide bonds. The zero-order valence-electron chi connectivity index (χ0n) is 15.7. The van der Waals surface area contributed by atoms with Crippen LogP contribution >= 0.6 is 0 Å². The summed E-state index contributed by atoms with van der Waals surface area (Å²) in [5.41, 5.74) is 2.15. The summed E-state index contributed by atoms with van der Waals surface area (Å²) in [6.07, 6.45) is 11.6. The van der Waals surface area contributed by atoms with Crippen molar-refractivity contribution in [3.8, 4) is 5.75 Å². The fourth-order valence-electron chi connectivity index (χ4n) is 5.55. The molecule has 3 aliphatic rings. The summed E-state index contributed by atoms with van der Waals surface area (Å²) in [4.78, 5) is 0. The van der Waals surface area contributed by atoms with Gasteiger partial charge in [0.15, 0.2) is 0 Å². The highest BCUT2D eigenvalue weighted by molar-refractivity contribution is 5.46. The number of methoxy groups -OCH3 is 1. The van der Waals surface area contributed by atoms with Gasteiger partial charge in [0.05, 0.1) is 12.7 Å². The lowest BCUT2D eigenvalue weighted by molar-refractivity contribution is -0.0869. The molecule has 4 rings (SSSR count). The third kappa shape index (κ3) is 3.00. The summed E-state index contributed by atoms with van der Waals surface area (Å²) in [7, 11) is 1.74. The van der Waals surface area contributed by atoms with Crippen LogP contribution in [0.25, 0.3) is 0 Å². The Balaban J connectivity index is 1.59. The van der Waals surface area contributed by atoms with E-state index < -0.39 is 5.60 Å². The van der Waals surface area contributed by atoms with E-state index in [9.17, 15) is 5.11 Å². The number of fused-ring (bicyclic) bond motifs is 3. The van der Waals surface area contributed by atoms with Crippen LogP contribution in [-0.2, 0) is 11.8 Å². The van der Waals surface area contributed by atoms with E-state index in [1.165, 1.54) is 36.8 Å². The number of hydrogen-bond acceptors (Lipinski definition) is 3. The van der Waals surface area contributed by atoms with Gasteiger partial charge < -0.3 is 15.2 Å². The number of aliphatic hydroxyl groups is 1. The molecule has 2 N–H and O–H groups in total. The molecule has 1 aromatic carbocycles. The highest BCUT2D eigenvalue weighted by Gasteiger charge is 2.54. The smallest absolute Gasteiger partial charge is 0.119 e. The van der Waals surface area contributed by atoms with Gasteiger partial charge in [-0.15, -0.1) is 0 Å². The standard InChI is InChI=1S/C22H33NO2/c1-25-19-8-7-18-9-12-22(24)11-3-2-10-21(22,20(18)15-19)13-14-23-16-17-5-4-6-17/h7-8,15,17,23-24H,2-6,9-14,16H2,1H3/t21-,22+/m1/s1. The van der Waals surface area contributed by atoms with E-state index in [1.807, 2.05) is 0 Å². The highest BCUT2D eigenvalue weighted by atomic mass is 16.5. The van der Waals surface area contributed by atoms with Crippen molar-refractivity contribution >= 4 is 0 Å². The molecule has 0 aliphatic heterocycles. The minimum atomic E-state index is -0.539. The van der Waals surface area contributed by atoms with Gasteiger partial charge in [-0.1, -0.05) is 25.3 Å². The SMILES string of the molecule is COc1ccc2c(c1)[C@]1(CCNCC3CCC3)CCCC[C@]1(O)CC2. The molecule has 25 heavy (non-hydrogen) atoms. The molecule has 3 aliphatic carbocycles. The van der Waals surface area contributed by atoms with Crippen molar-refractivity contribution in [1.29, 1.82) is 0 Å². The normalized spacial score (nSPS) is 31.8. The van der Waals surface area contributed by atoms with Crippen LogP contribution < -0.4 is 10.1 Å². The van der Waals surface area contributed by atoms with Gasteiger partial charge in [0.25, 0.3) is 0 Å². The molecule has 1 aromatic rings. The molecule has 3 nitrogen and oxygen atoms in total. The number of rotatable bonds is 6. The Morgan fingerprint density at radius 1 is 1.16 bits per heavy atom. The lowest BCUT2D eigenvalue weighted by Gasteiger charge is -2.55. The average Bonchev–Trinajstić information content (AvgIpc) is 2.60. The van der Waals surface area contributed by atoms with E-state index in [0.29, 0.717) is 0 Å². The van der Waals surface area contributed by atoms with Gasteiger partial charge in [-0.25, -0.2) is 0 Å². The van der Waals surface area contributed by atoms with Crippen LogP contribution in [0.3, 0.4) is 0 Å². The molecular formula is C22H33NO2. The predicted molar refractivity (Wildman–Crippen MR) is 101 cm³/mol. The van der Waals surface area contributed by atoms with Crippen LogP contribution in [0.4, 0.5) is 0 Å². The second-order valence-electron chi connectivity index (χ2n) is 8.59. The van der Waals surface area contributed by atoms with Crippen molar-refractivity contribution in [3.63, 3.8) is 0 Å². The van der Waals surface area contributed by atoms with Crippen LogP contribution in [0.15, 0.2) is 18.2 Å². The Hall–Kier alpha value is -1.06. The first-order chi connectivity index (χ1) is 12.2. The second kappa shape index (κ2) is 6.92. The maximum atomic E-state index is 11.6. The quantitative estimate of drug-likeness (QED) is 0.768. The predicted octanol–water partition coefficient (Wildman–Crippen LogP) is 3.96. The molecule has 0 aromatic heterocycles. The summed E-state index contributed by atoms with van der Waals surface area (Å²) in [5, 5.41) is 15.3. The first-order valence-corrected chi connectivity index (χ1v) is 10.3. The van der Waals surface area contributed by atoms with Crippen molar-refractivity contribution in [2.45, 2.75) is 75.2 Å². The Kier molecular flexibility index (Phi) is 4.81. The summed E-state index contributed by atoms with van der Waals surface area (Å²) < 4.78 is 5.52. The van der Waals surface area contributed by atoms with E-state index in [4.69, 9.17) is 4.74 Å². The first-order valence-electron chi connectivity index (χ1n) is 10.3. The second-order valence-corrected chi connectivity index (χ2v) is 8.59. The van der Waals surface area contributed by atoms with Crippen molar-refractivity contribution in [2.75, 3.05) is 20.2 Å². The van der Waals surface area contributed by atoms with Crippen LogP contribution in [0.5, 0.6) is 5.75 Å². The zero-order chi connectivity index (χ0) is 17.3. The fourth-order valence-corrected chi connectivity index (χ4v) is 5.55. The molecule has 0 saturated heterocycles. The monoisotopic (exact) mass is 343 g/mol. The van der Waals surface area contributed by atoms with Gasteiger partial charge in [0, 0.05) is 5.41 Å². The van der Waals surface area contributed by atoms with Crippen molar-refractivity contribution in [2.24, 2.45) is 5.92 Å². The topological polar surface area (TPSA) is 41.5 Å². The molecule has 0 spiro atoms. The summed E-state index contributed by atoms with van der Waals surface area (Å²) in [6, 6.07) is 6.52. The van der Waals surface area contributed by atoms with Crippen LogP contribution in [0.2, 0.25) is 0 Å². The van der Waals surface area contributed by atoms with E-state index in [0.717, 1.165) is 63.3 Å². The summed E-state index contributed by atoms with van der Waals surface area (Å²) >= 11 is 0. The summed E-state index contributed by atoms with van der Waals surface area (Å²) in [6.45, 7) is 2.16. The Morgan fingerprint density at radius 2 is 2.00 bits per heavy atom. The van der Waals surface area contributed by atoms with E-state index in [1.54, 1.807) is 7.11 Å². The fraction of sp³-hybridized carbons (Fsp3) is 0.727. The molecule has 2 saturated carbocycles. The number of ether oxygens (including phenoxy) is 1. The molecule has 0 radical (unpaired) electrons. The number of benzene rings is 1. The Labute approximate surface area is 152 Å². The Morgan fingerprint density at radius 3 is 2.76 bits per heavy atom. The lowest BCUT2D eigenvalue weighted by atomic mass is 9.53. The Bertz CT molecular complexity index is 612. The molecule has 0 unspecified atom stereocenters. The highest BCUT2D eigenvalue weighted by Crippen LogP contribution is 2.55. The number of hydrogen-bond donors (Lipinski definition) is 2. The molecule has 3 heteroatoms. The van der Waals surface area contributed by atoms with Crippen LogP contribution in [0.1, 0.15) is 68.9 Å². The van der Waals surface area contributed by atoms with E-state index >= 15 is 0 Å². The van der Waals surface area contributed by atoms with Gasteiger partial charge in [-0.05, 0) is 87.2 Å². The molecule has 0 heterocycles. The van der Waals surface area contributed by atoms with E-state index in [-0.39, 0.29) is 5.41 Å².